The van der Waals surface area contributed by atoms with Crippen molar-refractivity contribution in [2.75, 3.05) is 0 Å². The second-order valence-electron chi connectivity index (χ2n) is 7.93. The van der Waals surface area contributed by atoms with E-state index in [1.807, 2.05) is 0 Å². The molecule has 0 radical (unpaired) electrons. The summed E-state index contributed by atoms with van der Waals surface area (Å²) in [7, 11) is -1.77. The summed E-state index contributed by atoms with van der Waals surface area (Å²) in [5.74, 6) is 0. The smallest absolute Gasteiger partial charge is 0.192 e. The minimum atomic E-state index is -1.77. The molecule has 100 valence electrons. The lowest BCUT2D eigenvalue weighted by atomic mass is 9.60. The maximum atomic E-state index is 10.9. The summed E-state index contributed by atoms with van der Waals surface area (Å²) in [6.07, 6.45) is 3.63. The van der Waals surface area contributed by atoms with Gasteiger partial charge in [0.2, 0.25) is 0 Å². The summed E-state index contributed by atoms with van der Waals surface area (Å²) < 4.78 is 6.51. The van der Waals surface area contributed by atoms with Crippen molar-refractivity contribution in [1.82, 2.24) is 0 Å². The highest BCUT2D eigenvalue weighted by molar-refractivity contribution is 6.74. The Bertz CT molecular complexity index is 292. The van der Waals surface area contributed by atoms with Crippen LogP contribution in [0.15, 0.2) is 0 Å². The molecular weight excluding hydrogens is 228 g/mol. The van der Waals surface area contributed by atoms with Crippen LogP contribution in [0.2, 0.25) is 18.1 Å². The Kier molecular flexibility index (Phi) is 3.68. The number of rotatable bonds is 4. The van der Waals surface area contributed by atoms with E-state index in [0.29, 0.717) is 11.8 Å². The average molecular weight is 256 g/mol. The third-order valence-corrected chi connectivity index (χ3v) is 8.89. The summed E-state index contributed by atoms with van der Waals surface area (Å²) in [5, 5.41) is 0.211. The van der Waals surface area contributed by atoms with Gasteiger partial charge in [0, 0.05) is 6.42 Å². The van der Waals surface area contributed by atoms with Gasteiger partial charge in [-0.1, -0.05) is 34.6 Å². The van der Waals surface area contributed by atoms with Gasteiger partial charge < -0.3 is 9.22 Å². The van der Waals surface area contributed by atoms with E-state index in [9.17, 15) is 4.79 Å². The number of carbonyl (C=O) groups is 1. The van der Waals surface area contributed by atoms with E-state index in [2.05, 4.69) is 47.7 Å². The minimum Gasteiger partial charge on any atom is -0.411 e. The highest BCUT2D eigenvalue weighted by Gasteiger charge is 2.54. The van der Waals surface area contributed by atoms with E-state index in [-0.39, 0.29) is 10.6 Å². The van der Waals surface area contributed by atoms with Crippen LogP contribution in [0.25, 0.3) is 0 Å². The van der Waals surface area contributed by atoms with Crippen molar-refractivity contribution in [1.29, 1.82) is 0 Å². The monoisotopic (exact) mass is 256 g/mol. The van der Waals surface area contributed by atoms with E-state index in [1.165, 1.54) is 0 Å². The van der Waals surface area contributed by atoms with Crippen molar-refractivity contribution >= 4 is 14.6 Å². The lowest BCUT2D eigenvalue weighted by molar-refractivity contribution is -0.128. The molecule has 1 saturated carbocycles. The van der Waals surface area contributed by atoms with Gasteiger partial charge in [-0.25, -0.2) is 0 Å². The van der Waals surface area contributed by atoms with Crippen molar-refractivity contribution in [2.45, 2.75) is 77.6 Å². The highest BCUT2D eigenvalue weighted by atomic mass is 28.4. The Labute approximate surface area is 107 Å². The van der Waals surface area contributed by atoms with Gasteiger partial charge in [-0.2, -0.15) is 0 Å². The first-order valence-electron chi connectivity index (χ1n) is 6.57. The first kappa shape index (κ1) is 14.9. The molecule has 0 heterocycles. The van der Waals surface area contributed by atoms with Gasteiger partial charge >= 0.3 is 0 Å². The number of hydrogen-bond donors (Lipinski definition) is 0. The van der Waals surface area contributed by atoms with Gasteiger partial charge in [-0.15, -0.1) is 0 Å². The fourth-order valence-electron chi connectivity index (χ4n) is 2.80. The minimum absolute atomic E-state index is 0.158. The molecule has 0 unspecified atom stereocenters. The second kappa shape index (κ2) is 4.20. The fourth-order valence-corrected chi connectivity index (χ4v) is 4.41. The fraction of sp³-hybridized carbons (Fsp3) is 0.929. The molecule has 0 N–H and O–H groups in total. The molecule has 1 fully saturated rings. The van der Waals surface area contributed by atoms with Crippen LogP contribution < -0.4 is 0 Å². The SMILES string of the molecule is CC1(C)CC(CC=O)(O[Si](C)(C)C(C)(C)C)C1. The van der Waals surface area contributed by atoms with Crippen LogP contribution in [0.3, 0.4) is 0 Å². The molecule has 2 nitrogen and oxygen atoms in total. The largest absolute Gasteiger partial charge is 0.411 e. The summed E-state index contributed by atoms with van der Waals surface area (Å²) in [6, 6.07) is 0. The molecule has 0 aliphatic heterocycles. The molecule has 1 aliphatic carbocycles. The first-order valence-corrected chi connectivity index (χ1v) is 9.48. The van der Waals surface area contributed by atoms with E-state index in [0.717, 1.165) is 19.1 Å². The predicted octanol–water partition coefficient (Wildman–Crippen LogP) is 4.16. The number of hydrogen-bond acceptors (Lipinski definition) is 2. The molecule has 0 aromatic heterocycles. The zero-order chi connectivity index (χ0) is 13.5. The predicted molar refractivity (Wildman–Crippen MR) is 74.7 cm³/mol. The van der Waals surface area contributed by atoms with Crippen LogP contribution in [0.1, 0.15) is 53.9 Å². The van der Waals surface area contributed by atoms with Gasteiger partial charge in [0.05, 0.1) is 5.60 Å². The molecule has 3 heteroatoms. The van der Waals surface area contributed by atoms with Crippen LogP contribution in [0.4, 0.5) is 0 Å². The lowest BCUT2D eigenvalue weighted by Crippen LogP contribution is -2.58. The maximum Gasteiger partial charge on any atom is 0.192 e. The molecule has 0 bridgehead atoms. The van der Waals surface area contributed by atoms with Crippen LogP contribution in [0, 0.1) is 5.41 Å². The highest BCUT2D eigenvalue weighted by Crippen LogP contribution is 2.54. The Balaban J connectivity index is 2.80. The standard InChI is InChI=1S/C14H28O2Si/c1-12(2,3)17(6,7)16-14(8-9-15)10-13(4,5)11-14/h9H,8,10-11H2,1-7H3. The van der Waals surface area contributed by atoms with Gasteiger partial charge in [0.25, 0.3) is 0 Å². The Hall–Kier alpha value is -0.153. The van der Waals surface area contributed by atoms with Crippen molar-refractivity contribution < 1.29 is 9.22 Å². The Morgan fingerprint density at radius 2 is 1.71 bits per heavy atom. The van der Waals surface area contributed by atoms with E-state index in [4.69, 9.17) is 4.43 Å². The zero-order valence-corrected chi connectivity index (χ0v) is 13.5. The molecule has 0 atom stereocenters. The van der Waals surface area contributed by atoms with Gasteiger partial charge in [0.1, 0.15) is 6.29 Å². The quantitative estimate of drug-likeness (QED) is 0.558. The van der Waals surface area contributed by atoms with E-state index < -0.39 is 8.32 Å². The molecule has 0 saturated heterocycles. The molecule has 0 aromatic rings. The topological polar surface area (TPSA) is 26.3 Å². The van der Waals surface area contributed by atoms with Crippen molar-refractivity contribution in [3.8, 4) is 0 Å². The van der Waals surface area contributed by atoms with Crippen molar-refractivity contribution in [3.05, 3.63) is 0 Å². The molecule has 0 aromatic carbocycles. The molecule has 1 rings (SSSR count). The normalized spacial score (nSPS) is 23.0. The van der Waals surface area contributed by atoms with Gasteiger partial charge in [-0.3, -0.25) is 0 Å². The molecule has 1 aliphatic rings. The second-order valence-corrected chi connectivity index (χ2v) is 12.7. The van der Waals surface area contributed by atoms with Crippen LogP contribution in [0.5, 0.6) is 0 Å². The molecule has 17 heavy (non-hydrogen) atoms. The summed E-state index contributed by atoms with van der Waals surface area (Å²) in [5.41, 5.74) is 0.180. The van der Waals surface area contributed by atoms with Gasteiger partial charge in [0.15, 0.2) is 8.32 Å². The number of carbonyl (C=O) groups excluding carboxylic acids is 1. The summed E-state index contributed by atoms with van der Waals surface area (Å²) >= 11 is 0. The number of aldehydes is 1. The van der Waals surface area contributed by atoms with Crippen LogP contribution in [-0.4, -0.2) is 20.2 Å². The summed E-state index contributed by atoms with van der Waals surface area (Å²) in [4.78, 5) is 10.9. The van der Waals surface area contributed by atoms with Gasteiger partial charge in [-0.05, 0) is 36.4 Å². The molecular formula is C14H28O2Si. The maximum absolute atomic E-state index is 10.9. The summed E-state index contributed by atoms with van der Waals surface area (Å²) in [6.45, 7) is 15.8. The Morgan fingerprint density at radius 1 is 1.24 bits per heavy atom. The van der Waals surface area contributed by atoms with Crippen molar-refractivity contribution in [3.63, 3.8) is 0 Å². The van der Waals surface area contributed by atoms with E-state index in [1.54, 1.807) is 0 Å². The lowest BCUT2D eigenvalue weighted by Gasteiger charge is -2.57. The third-order valence-electron chi connectivity index (χ3n) is 4.33. The third kappa shape index (κ3) is 3.19. The molecule has 0 spiro atoms. The average Bonchev–Trinajstić information content (AvgIpc) is 1.96. The Morgan fingerprint density at radius 3 is 2.00 bits per heavy atom. The zero-order valence-electron chi connectivity index (χ0n) is 12.5. The van der Waals surface area contributed by atoms with Crippen molar-refractivity contribution in [2.24, 2.45) is 5.41 Å². The van der Waals surface area contributed by atoms with Crippen LogP contribution >= 0.6 is 0 Å². The van der Waals surface area contributed by atoms with Crippen LogP contribution in [-0.2, 0) is 9.22 Å². The molecule has 0 amide bonds. The first-order chi connectivity index (χ1) is 7.43. The van der Waals surface area contributed by atoms with E-state index >= 15 is 0 Å².